The molecule has 1 aromatic carbocycles. The highest BCUT2D eigenvalue weighted by Crippen LogP contribution is 2.50. The van der Waals surface area contributed by atoms with Crippen molar-refractivity contribution in [3.8, 4) is 0 Å². The Labute approximate surface area is 129 Å². The molecular formula is C17H22BrNO. The fraction of sp³-hybridized carbons (Fsp3) is 0.588. The van der Waals surface area contributed by atoms with Crippen LogP contribution in [0, 0.1) is 11.3 Å². The average Bonchev–Trinajstić information content (AvgIpc) is 2.62. The minimum absolute atomic E-state index is 0.242. The lowest BCUT2D eigenvalue weighted by Gasteiger charge is -2.37. The summed E-state index contributed by atoms with van der Waals surface area (Å²) in [6.07, 6.45) is 3.55. The summed E-state index contributed by atoms with van der Waals surface area (Å²) in [7, 11) is 0. The first-order valence-corrected chi connectivity index (χ1v) is 8.42. The summed E-state index contributed by atoms with van der Waals surface area (Å²) in [6.45, 7) is 5.00. The lowest BCUT2D eigenvalue weighted by Crippen LogP contribution is -2.40. The van der Waals surface area contributed by atoms with Gasteiger partial charge in [-0.1, -0.05) is 66.5 Å². The quantitative estimate of drug-likeness (QED) is 0.748. The average molecular weight is 336 g/mol. The number of carbonyl (C=O) groups excluding carboxylic acids is 1. The van der Waals surface area contributed by atoms with Crippen LogP contribution in [0.3, 0.4) is 0 Å². The molecule has 3 rings (SSSR count). The molecule has 0 spiro atoms. The number of halogens is 1. The number of hydrogen-bond acceptors (Lipinski definition) is 1. The molecule has 0 radical (unpaired) electrons. The van der Waals surface area contributed by atoms with Gasteiger partial charge in [-0.05, 0) is 18.4 Å². The number of alkyl halides is 1. The minimum Gasteiger partial charge on any atom is -0.335 e. The van der Waals surface area contributed by atoms with Gasteiger partial charge in [-0.15, -0.1) is 0 Å². The Bertz CT molecular complexity index is 499. The second-order valence-electron chi connectivity index (χ2n) is 6.68. The van der Waals surface area contributed by atoms with Crippen molar-refractivity contribution in [3.05, 3.63) is 35.9 Å². The van der Waals surface area contributed by atoms with Crippen molar-refractivity contribution in [1.29, 1.82) is 0 Å². The first-order valence-electron chi connectivity index (χ1n) is 7.51. The highest BCUT2D eigenvalue weighted by atomic mass is 79.9. The molecule has 1 aromatic rings. The summed E-state index contributed by atoms with van der Waals surface area (Å²) in [5.74, 6) is 0.759. The normalized spacial score (nSPS) is 32.2. The predicted molar refractivity (Wildman–Crippen MR) is 84.6 cm³/mol. The van der Waals surface area contributed by atoms with Gasteiger partial charge >= 0.3 is 0 Å². The van der Waals surface area contributed by atoms with Gasteiger partial charge in [0.05, 0.1) is 0 Å². The Morgan fingerprint density at radius 2 is 1.95 bits per heavy atom. The maximum absolute atomic E-state index is 12.8. The van der Waals surface area contributed by atoms with Gasteiger partial charge in [-0.2, -0.15) is 0 Å². The van der Waals surface area contributed by atoms with E-state index < -0.39 is 0 Å². The van der Waals surface area contributed by atoms with E-state index in [1.165, 1.54) is 18.4 Å². The zero-order valence-electron chi connectivity index (χ0n) is 12.2. The molecule has 0 bridgehead atoms. The molecule has 20 heavy (non-hydrogen) atoms. The number of rotatable bonds is 2. The van der Waals surface area contributed by atoms with Gasteiger partial charge in [0.15, 0.2) is 0 Å². The Morgan fingerprint density at radius 3 is 2.65 bits per heavy atom. The molecule has 2 nitrogen and oxygen atoms in total. The summed E-state index contributed by atoms with van der Waals surface area (Å²) < 4.78 is 0. The van der Waals surface area contributed by atoms with Crippen molar-refractivity contribution in [2.45, 2.75) is 50.5 Å². The van der Waals surface area contributed by atoms with E-state index in [4.69, 9.17) is 0 Å². The summed E-state index contributed by atoms with van der Waals surface area (Å²) in [5, 5.41) is 0. The van der Waals surface area contributed by atoms with E-state index in [0.717, 1.165) is 13.0 Å². The highest BCUT2D eigenvalue weighted by Gasteiger charge is 2.56. The van der Waals surface area contributed by atoms with Crippen LogP contribution in [0.4, 0.5) is 0 Å². The van der Waals surface area contributed by atoms with Crippen molar-refractivity contribution in [3.63, 3.8) is 0 Å². The second-order valence-corrected chi connectivity index (χ2v) is 7.86. The van der Waals surface area contributed by atoms with Crippen molar-refractivity contribution < 1.29 is 4.79 Å². The first kappa shape index (κ1) is 14.1. The van der Waals surface area contributed by atoms with E-state index in [0.29, 0.717) is 22.7 Å². The molecule has 1 saturated heterocycles. The predicted octanol–water partition coefficient (Wildman–Crippen LogP) is 3.99. The number of fused-ring (bicyclic) bond motifs is 1. The third-order valence-electron chi connectivity index (χ3n) is 5.03. The van der Waals surface area contributed by atoms with E-state index in [1.807, 2.05) is 18.2 Å². The molecule has 1 unspecified atom stereocenters. The van der Waals surface area contributed by atoms with Gasteiger partial charge < -0.3 is 4.90 Å². The molecule has 1 saturated carbocycles. The van der Waals surface area contributed by atoms with Crippen LogP contribution in [0.15, 0.2) is 30.3 Å². The highest BCUT2D eigenvalue weighted by molar-refractivity contribution is 9.09. The van der Waals surface area contributed by atoms with E-state index in [9.17, 15) is 4.79 Å². The monoisotopic (exact) mass is 335 g/mol. The van der Waals surface area contributed by atoms with Gasteiger partial charge in [0.25, 0.3) is 0 Å². The van der Waals surface area contributed by atoms with Crippen LogP contribution >= 0.6 is 15.9 Å². The van der Waals surface area contributed by atoms with Crippen LogP contribution in [0.2, 0.25) is 0 Å². The van der Waals surface area contributed by atoms with Crippen LogP contribution in [0.1, 0.15) is 38.7 Å². The van der Waals surface area contributed by atoms with Crippen LogP contribution < -0.4 is 0 Å². The van der Waals surface area contributed by atoms with Gasteiger partial charge in [-0.25, -0.2) is 0 Å². The number of hydrogen-bond donors (Lipinski definition) is 0. The lowest BCUT2D eigenvalue weighted by atomic mass is 9.72. The van der Waals surface area contributed by atoms with Gasteiger partial charge in [0, 0.05) is 28.7 Å². The molecule has 0 N–H and O–H groups in total. The second kappa shape index (κ2) is 5.18. The van der Waals surface area contributed by atoms with E-state index in [1.54, 1.807) is 0 Å². The number of amides is 1. The standard InChI is InChI=1S/C17H22BrNO/c1-17(2)15-13(18)9-6-10-14(15)19(16(17)20)11-12-7-4-3-5-8-12/h3-5,7-8,13-15H,6,9-11H2,1-2H3/t13-,14?,15+/m1/s1. The van der Waals surface area contributed by atoms with Gasteiger partial charge in [0.2, 0.25) is 5.91 Å². The smallest absolute Gasteiger partial charge is 0.229 e. The van der Waals surface area contributed by atoms with E-state index in [2.05, 4.69) is 46.8 Å². The Morgan fingerprint density at radius 1 is 1.25 bits per heavy atom. The molecule has 108 valence electrons. The number of nitrogens with zero attached hydrogens (tertiary/aromatic N) is 1. The molecule has 0 aromatic heterocycles. The molecule has 1 amide bonds. The molecule has 1 aliphatic carbocycles. The zero-order valence-corrected chi connectivity index (χ0v) is 13.8. The van der Waals surface area contributed by atoms with Gasteiger partial charge in [0.1, 0.15) is 0 Å². The summed E-state index contributed by atoms with van der Waals surface area (Å²) in [4.78, 5) is 15.5. The molecule has 1 aliphatic heterocycles. The fourth-order valence-electron chi connectivity index (χ4n) is 4.04. The molecule has 1 heterocycles. The van der Waals surface area contributed by atoms with Crippen LogP contribution in [-0.4, -0.2) is 21.7 Å². The van der Waals surface area contributed by atoms with Crippen molar-refractivity contribution in [2.24, 2.45) is 11.3 Å². The third-order valence-corrected chi connectivity index (χ3v) is 6.05. The maximum atomic E-state index is 12.8. The first-order chi connectivity index (χ1) is 9.51. The summed E-state index contributed by atoms with van der Waals surface area (Å²) >= 11 is 3.83. The Kier molecular flexibility index (Phi) is 3.65. The Hall–Kier alpha value is -0.830. The van der Waals surface area contributed by atoms with Crippen molar-refractivity contribution in [2.75, 3.05) is 0 Å². The van der Waals surface area contributed by atoms with E-state index in [-0.39, 0.29) is 5.41 Å². The largest absolute Gasteiger partial charge is 0.335 e. The maximum Gasteiger partial charge on any atom is 0.229 e. The molecule has 3 heteroatoms. The zero-order chi connectivity index (χ0) is 14.3. The van der Waals surface area contributed by atoms with Crippen LogP contribution in [-0.2, 0) is 11.3 Å². The lowest BCUT2D eigenvalue weighted by molar-refractivity contribution is -0.136. The Balaban J connectivity index is 1.89. The molecule has 2 fully saturated rings. The minimum atomic E-state index is -0.242. The van der Waals surface area contributed by atoms with Crippen LogP contribution in [0.5, 0.6) is 0 Å². The molecule has 2 aliphatic rings. The molecular weight excluding hydrogens is 314 g/mol. The van der Waals surface area contributed by atoms with Crippen molar-refractivity contribution >= 4 is 21.8 Å². The molecule has 3 atom stereocenters. The number of likely N-dealkylation sites (tertiary alicyclic amines) is 1. The summed E-state index contributed by atoms with van der Waals surface area (Å²) in [6, 6.07) is 10.7. The van der Waals surface area contributed by atoms with Crippen LogP contribution in [0.25, 0.3) is 0 Å². The van der Waals surface area contributed by atoms with Crippen molar-refractivity contribution in [1.82, 2.24) is 4.90 Å². The number of benzene rings is 1. The third kappa shape index (κ3) is 2.20. The summed E-state index contributed by atoms with van der Waals surface area (Å²) in [5.41, 5.74) is 0.989. The van der Waals surface area contributed by atoms with E-state index >= 15 is 0 Å². The number of carbonyl (C=O) groups is 1. The van der Waals surface area contributed by atoms with Gasteiger partial charge in [-0.3, -0.25) is 4.79 Å². The fourth-order valence-corrected chi connectivity index (χ4v) is 5.37. The SMILES string of the molecule is CC1(C)C(=O)N(Cc2ccccc2)C2CCC[C@@H](Br)[C@@H]21. The topological polar surface area (TPSA) is 20.3 Å².